The van der Waals surface area contributed by atoms with Crippen molar-refractivity contribution in [3.63, 3.8) is 0 Å². The van der Waals surface area contributed by atoms with E-state index in [2.05, 4.69) is 51.9 Å². The van der Waals surface area contributed by atoms with Crippen molar-refractivity contribution < 1.29 is 0 Å². The third-order valence-corrected chi connectivity index (χ3v) is 5.66. The van der Waals surface area contributed by atoms with Crippen molar-refractivity contribution in [3.8, 4) is 0 Å². The van der Waals surface area contributed by atoms with Crippen LogP contribution in [0.3, 0.4) is 0 Å². The van der Waals surface area contributed by atoms with Gasteiger partial charge in [0.15, 0.2) is 0 Å². The molecule has 1 fully saturated rings. The van der Waals surface area contributed by atoms with Crippen molar-refractivity contribution in [1.29, 1.82) is 0 Å². The van der Waals surface area contributed by atoms with E-state index in [0.29, 0.717) is 0 Å². The van der Waals surface area contributed by atoms with Crippen molar-refractivity contribution >= 4 is 0 Å². The second-order valence-corrected chi connectivity index (χ2v) is 9.62. The predicted molar refractivity (Wildman–Crippen MR) is 109 cm³/mol. The number of piperidine rings is 1. The summed E-state index contributed by atoms with van der Waals surface area (Å²) < 4.78 is 0. The van der Waals surface area contributed by atoms with Gasteiger partial charge in [-0.25, -0.2) is 0 Å². The molecule has 2 nitrogen and oxygen atoms in total. The van der Waals surface area contributed by atoms with Crippen LogP contribution in [-0.4, -0.2) is 35.6 Å². The second kappa shape index (κ2) is 10.8. The summed E-state index contributed by atoms with van der Waals surface area (Å²) >= 11 is 0. The molecule has 1 saturated heterocycles. The fourth-order valence-corrected chi connectivity index (χ4v) is 4.61. The molecule has 2 heteroatoms. The Labute approximate surface area is 153 Å². The lowest BCUT2D eigenvalue weighted by molar-refractivity contribution is 0.0806. The first-order chi connectivity index (χ1) is 11.3. The quantitative estimate of drug-likeness (QED) is 0.429. The number of nitrogens with one attached hydrogen (secondary N) is 1. The smallest absolute Gasteiger partial charge is 0.0145 e. The second-order valence-electron chi connectivity index (χ2n) is 9.62. The van der Waals surface area contributed by atoms with Crippen LogP contribution >= 0.6 is 0 Å². The third kappa shape index (κ3) is 9.42. The molecule has 144 valence electrons. The zero-order chi connectivity index (χ0) is 18.1. The van der Waals surface area contributed by atoms with Crippen LogP contribution in [-0.2, 0) is 0 Å². The highest BCUT2D eigenvalue weighted by atomic mass is 15.2. The number of rotatable bonds is 12. The lowest BCUT2D eigenvalue weighted by Gasteiger charge is -2.49. The summed E-state index contributed by atoms with van der Waals surface area (Å²) in [6, 6.07) is 0.731. The average Bonchev–Trinajstić information content (AvgIpc) is 2.45. The molecular formula is C22H46N2. The van der Waals surface area contributed by atoms with Gasteiger partial charge in [0, 0.05) is 17.1 Å². The zero-order valence-corrected chi connectivity index (χ0v) is 17.7. The summed E-state index contributed by atoms with van der Waals surface area (Å²) in [5.41, 5.74) is 0.525. The largest absolute Gasteiger partial charge is 0.307 e. The Morgan fingerprint density at radius 1 is 0.750 bits per heavy atom. The van der Waals surface area contributed by atoms with Gasteiger partial charge < -0.3 is 10.2 Å². The molecule has 1 aliphatic rings. The van der Waals surface area contributed by atoms with Crippen molar-refractivity contribution in [2.45, 2.75) is 129 Å². The van der Waals surface area contributed by atoms with Crippen molar-refractivity contribution in [2.75, 3.05) is 13.6 Å². The Balaban J connectivity index is 2.08. The van der Waals surface area contributed by atoms with E-state index in [1.165, 1.54) is 83.6 Å². The SMILES string of the molecule is CCCCCCCCCCCCN(C)C1CC(C)(C)NC(C)(C)C1. The van der Waals surface area contributed by atoms with Gasteiger partial charge in [0.1, 0.15) is 0 Å². The Morgan fingerprint density at radius 3 is 1.62 bits per heavy atom. The lowest BCUT2D eigenvalue weighted by Crippen LogP contribution is -2.61. The standard InChI is InChI=1S/C22H46N2/c1-7-8-9-10-11-12-13-14-15-16-17-24(6)20-18-21(2,3)23-22(4,5)19-20/h20,23H,7-19H2,1-6H3. The minimum absolute atomic E-state index is 0.262. The van der Waals surface area contributed by atoms with Gasteiger partial charge in [-0.1, -0.05) is 64.7 Å². The predicted octanol–water partition coefficient (Wildman–Crippen LogP) is 6.15. The molecule has 1 rings (SSSR count). The highest BCUT2D eigenvalue weighted by molar-refractivity contribution is 4.99. The molecule has 0 radical (unpaired) electrons. The summed E-state index contributed by atoms with van der Waals surface area (Å²) in [7, 11) is 2.34. The van der Waals surface area contributed by atoms with Crippen LogP contribution in [0, 0.1) is 0 Å². The molecule has 24 heavy (non-hydrogen) atoms. The first kappa shape index (κ1) is 22.0. The van der Waals surface area contributed by atoms with Crippen LogP contribution < -0.4 is 5.32 Å². The van der Waals surface area contributed by atoms with E-state index in [1.54, 1.807) is 0 Å². The Hall–Kier alpha value is -0.0800. The van der Waals surface area contributed by atoms with E-state index in [-0.39, 0.29) is 11.1 Å². The molecule has 0 spiro atoms. The van der Waals surface area contributed by atoms with Crippen LogP contribution in [0.4, 0.5) is 0 Å². The molecule has 0 amide bonds. The van der Waals surface area contributed by atoms with Gasteiger partial charge in [-0.3, -0.25) is 0 Å². The third-order valence-electron chi connectivity index (χ3n) is 5.66. The van der Waals surface area contributed by atoms with Crippen LogP contribution in [0.5, 0.6) is 0 Å². The normalized spacial score (nSPS) is 20.6. The molecule has 0 aromatic heterocycles. The number of unbranched alkanes of at least 4 members (excludes halogenated alkanes) is 9. The summed E-state index contributed by atoms with van der Waals surface area (Å²) in [5, 5.41) is 3.80. The van der Waals surface area contributed by atoms with Gasteiger partial charge in [0.2, 0.25) is 0 Å². The fraction of sp³-hybridized carbons (Fsp3) is 1.00. The molecule has 1 N–H and O–H groups in total. The van der Waals surface area contributed by atoms with Crippen molar-refractivity contribution in [1.82, 2.24) is 10.2 Å². The average molecular weight is 339 g/mol. The summed E-state index contributed by atoms with van der Waals surface area (Å²) in [6.07, 6.45) is 16.8. The van der Waals surface area contributed by atoms with Gasteiger partial charge in [-0.2, -0.15) is 0 Å². The molecule has 0 aromatic rings. The number of nitrogens with zero attached hydrogens (tertiary/aromatic N) is 1. The Morgan fingerprint density at radius 2 is 1.17 bits per heavy atom. The highest BCUT2D eigenvalue weighted by Crippen LogP contribution is 2.31. The minimum atomic E-state index is 0.262. The lowest BCUT2D eigenvalue weighted by atomic mass is 9.79. The van der Waals surface area contributed by atoms with E-state index in [1.807, 2.05) is 0 Å². The van der Waals surface area contributed by atoms with Crippen molar-refractivity contribution in [3.05, 3.63) is 0 Å². The summed E-state index contributed by atoms with van der Waals surface area (Å²) in [4.78, 5) is 2.63. The number of hydrogen-bond acceptors (Lipinski definition) is 2. The first-order valence-corrected chi connectivity index (χ1v) is 10.8. The monoisotopic (exact) mass is 338 g/mol. The van der Waals surface area contributed by atoms with E-state index in [0.717, 1.165) is 6.04 Å². The molecule has 0 unspecified atom stereocenters. The molecule has 0 aliphatic carbocycles. The maximum absolute atomic E-state index is 3.80. The van der Waals surface area contributed by atoms with Gasteiger partial charge in [0.05, 0.1) is 0 Å². The van der Waals surface area contributed by atoms with Gasteiger partial charge in [0.25, 0.3) is 0 Å². The van der Waals surface area contributed by atoms with E-state index < -0.39 is 0 Å². The maximum Gasteiger partial charge on any atom is 0.0145 e. The van der Waals surface area contributed by atoms with E-state index in [4.69, 9.17) is 0 Å². The molecule has 0 bridgehead atoms. The van der Waals surface area contributed by atoms with Crippen LogP contribution in [0.15, 0.2) is 0 Å². The molecule has 0 aromatic carbocycles. The molecule has 0 atom stereocenters. The zero-order valence-electron chi connectivity index (χ0n) is 17.7. The Kier molecular flexibility index (Phi) is 9.89. The van der Waals surface area contributed by atoms with E-state index >= 15 is 0 Å². The molecule has 1 heterocycles. The Bertz CT molecular complexity index is 306. The molecule has 1 aliphatic heterocycles. The topological polar surface area (TPSA) is 15.3 Å². The van der Waals surface area contributed by atoms with Crippen LogP contribution in [0.2, 0.25) is 0 Å². The fourth-order valence-electron chi connectivity index (χ4n) is 4.61. The summed E-state index contributed by atoms with van der Waals surface area (Å²) in [6.45, 7) is 13.0. The van der Waals surface area contributed by atoms with Crippen LogP contribution in [0.1, 0.15) is 112 Å². The van der Waals surface area contributed by atoms with Gasteiger partial charge >= 0.3 is 0 Å². The molecule has 0 saturated carbocycles. The van der Waals surface area contributed by atoms with E-state index in [9.17, 15) is 0 Å². The van der Waals surface area contributed by atoms with Gasteiger partial charge in [-0.15, -0.1) is 0 Å². The highest BCUT2D eigenvalue weighted by Gasteiger charge is 2.38. The van der Waals surface area contributed by atoms with Crippen molar-refractivity contribution in [2.24, 2.45) is 0 Å². The minimum Gasteiger partial charge on any atom is -0.307 e. The molecular weight excluding hydrogens is 292 g/mol. The number of hydrogen-bond donors (Lipinski definition) is 1. The van der Waals surface area contributed by atoms with Gasteiger partial charge in [-0.05, 0) is 60.5 Å². The van der Waals surface area contributed by atoms with Crippen LogP contribution in [0.25, 0.3) is 0 Å². The maximum atomic E-state index is 3.80. The first-order valence-electron chi connectivity index (χ1n) is 10.8. The summed E-state index contributed by atoms with van der Waals surface area (Å²) in [5.74, 6) is 0.